The van der Waals surface area contributed by atoms with Crippen LogP contribution in [0.15, 0.2) is 23.2 Å². The zero-order valence-electron chi connectivity index (χ0n) is 13.3. The van der Waals surface area contributed by atoms with E-state index in [0.717, 1.165) is 12.0 Å². The summed E-state index contributed by atoms with van der Waals surface area (Å²) in [6.45, 7) is 3.94. The number of carbonyl (C=O) groups is 2. The predicted octanol–water partition coefficient (Wildman–Crippen LogP) is 2.06. The highest BCUT2D eigenvalue weighted by Gasteiger charge is 2.50. The quantitative estimate of drug-likeness (QED) is 0.786. The first kappa shape index (κ1) is 14.6. The number of fused-ring (bicyclic) bond motifs is 3. The van der Waals surface area contributed by atoms with E-state index in [-0.39, 0.29) is 11.8 Å². The van der Waals surface area contributed by atoms with E-state index in [9.17, 15) is 9.59 Å². The van der Waals surface area contributed by atoms with Gasteiger partial charge in [0, 0.05) is 14.1 Å². The number of benzene rings is 1. The van der Waals surface area contributed by atoms with Crippen LogP contribution in [0.1, 0.15) is 25.3 Å². The molecular weight excluding hydrogens is 280 g/mol. The number of amides is 2. The highest BCUT2D eigenvalue weighted by Crippen LogP contribution is 2.40. The highest BCUT2D eigenvalue weighted by atomic mass is 16.2. The Morgan fingerprint density at radius 1 is 1.18 bits per heavy atom. The fourth-order valence-electron chi connectivity index (χ4n) is 2.89. The molecule has 2 heterocycles. The van der Waals surface area contributed by atoms with E-state index in [1.807, 2.05) is 46.1 Å². The number of aliphatic imine (C=N–C) groups is 1. The summed E-state index contributed by atoms with van der Waals surface area (Å²) in [7, 11) is 3.64. The Balaban J connectivity index is 2.17. The van der Waals surface area contributed by atoms with Crippen molar-refractivity contribution in [2.75, 3.05) is 19.1 Å². The third-order valence-electron chi connectivity index (χ3n) is 3.96. The van der Waals surface area contributed by atoms with Gasteiger partial charge in [0.15, 0.2) is 0 Å². The summed E-state index contributed by atoms with van der Waals surface area (Å²) in [4.78, 5) is 31.8. The average Bonchev–Trinajstić information content (AvgIpc) is 2.72. The molecule has 0 radical (unpaired) electrons. The summed E-state index contributed by atoms with van der Waals surface area (Å²) in [6.07, 6.45) is 1.35. The van der Waals surface area contributed by atoms with Crippen molar-refractivity contribution >= 4 is 29.1 Å². The summed E-state index contributed by atoms with van der Waals surface area (Å²) in [5.74, 6) is -0.477. The van der Waals surface area contributed by atoms with Crippen LogP contribution in [0.5, 0.6) is 0 Å². The first-order valence-electron chi connectivity index (χ1n) is 7.50. The van der Waals surface area contributed by atoms with Crippen molar-refractivity contribution in [2.45, 2.75) is 26.7 Å². The molecule has 1 atom stereocenters. The second kappa shape index (κ2) is 5.12. The lowest BCUT2D eigenvalue weighted by molar-refractivity contribution is -0.130. The van der Waals surface area contributed by atoms with E-state index in [1.54, 1.807) is 4.90 Å². The van der Waals surface area contributed by atoms with E-state index < -0.39 is 5.92 Å². The molecule has 3 rings (SSSR count). The van der Waals surface area contributed by atoms with Gasteiger partial charge in [0.25, 0.3) is 11.8 Å². The lowest BCUT2D eigenvalue weighted by atomic mass is 10.0. The molecule has 22 heavy (non-hydrogen) atoms. The number of hydrazine groups is 1. The van der Waals surface area contributed by atoms with Crippen molar-refractivity contribution in [2.24, 2.45) is 10.9 Å². The SMILES string of the molecule is CCC[C@@H]1C(=O)N2C(N(C)C)=Nc3ccc(C)cc3N2C1=O. The molecule has 6 nitrogen and oxygen atoms in total. The van der Waals surface area contributed by atoms with Crippen molar-refractivity contribution in [3.05, 3.63) is 23.8 Å². The van der Waals surface area contributed by atoms with Gasteiger partial charge in [0.1, 0.15) is 5.92 Å². The van der Waals surface area contributed by atoms with Gasteiger partial charge in [-0.25, -0.2) is 10.0 Å². The van der Waals surface area contributed by atoms with Gasteiger partial charge >= 0.3 is 0 Å². The molecule has 1 aromatic rings. The molecule has 2 aliphatic rings. The highest BCUT2D eigenvalue weighted by molar-refractivity contribution is 6.22. The number of rotatable bonds is 2. The van der Waals surface area contributed by atoms with Gasteiger partial charge in [-0.1, -0.05) is 19.4 Å². The zero-order valence-corrected chi connectivity index (χ0v) is 13.3. The van der Waals surface area contributed by atoms with Crippen molar-refractivity contribution in [1.29, 1.82) is 0 Å². The Bertz CT molecular complexity index is 681. The summed E-state index contributed by atoms with van der Waals surface area (Å²) in [5.41, 5.74) is 2.42. The normalized spacial score (nSPS) is 20.0. The molecule has 0 unspecified atom stereocenters. The lowest BCUT2D eigenvalue weighted by Gasteiger charge is -2.35. The van der Waals surface area contributed by atoms with Gasteiger partial charge in [-0.15, -0.1) is 0 Å². The third-order valence-corrected chi connectivity index (χ3v) is 3.96. The van der Waals surface area contributed by atoms with E-state index in [1.165, 1.54) is 10.0 Å². The molecule has 2 aliphatic heterocycles. The number of hydrogen-bond acceptors (Lipinski definition) is 4. The predicted molar refractivity (Wildman–Crippen MR) is 84.7 cm³/mol. The van der Waals surface area contributed by atoms with Crippen LogP contribution in [-0.2, 0) is 9.59 Å². The molecule has 0 bridgehead atoms. The number of hydrogen-bond donors (Lipinski definition) is 0. The molecule has 0 spiro atoms. The molecule has 0 aliphatic carbocycles. The van der Waals surface area contributed by atoms with Gasteiger partial charge < -0.3 is 4.90 Å². The van der Waals surface area contributed by atoms with Crippen LogP contribution in [0.2, 0.25) is 0 Å². The molecule has 6 heteroatoms. The minimum atomic E-state index is -0.610. The second-order valence-electron chi connectivity index (χ2n) is 5.94. The average molecular weight is 300 g/mol. The number of aryl methyl sites for hydroxylation is 1. The molecule has 1 saturated heterocycles. The first-order chi connectivity index (χ1) is 10.5. The summed E-state index contributed by atoms with van der Waals surface area (Å²) >= 11 is 0. The van der Waals surface area contributed by atoms with Crippen LogP contribution in [0.3, 0.4) is 0 Å². The topological polar surface area (TPSA) is 56.2 Å². The Hall–Kier alpha value is -2.37. The molecule has 116 valence electrons. The molecule has 2 amide bonds. The second-order valence-corrected chi connectivity index (χ2v) is 5.94. The van der Waals surface area contributed by atoms with Gasteiger partial charge in [0.2, 0.25) is 5.96 Å². The standard InChI is InChI=1S/C16H20N4O2/c1-5-6-11-14(21)19-13-9-10(2)7-8-12(13)17-16(18(3)4)20(19)15(11)22/h7-9,11H,5-6H2,1-4H3/t11-/m0/s1. The molecule has 0 saturated carbocycles. The van der Waals surface area contributed by atoms with E-state index in [4.69, 9.17) is 0 Å². The number of anilines is 1. The molecule has 0 N–H and O–H groups in total. The monoisotopic (exact) mass is 300 g/mol. The van der Waals surface area contributed by atoms with Gasteiger partial charge in [-0.05, 0) is 31.0 Å². The van der Waals surface area contributed by atoms with Crippen molar-refractivity contribution in [3.8, 4) is 0 Å². The fraction of sp³-hybridized carbons (Fsp3) is 0.438. The largest absolute Gasteiger partial charge is 0.347 e. The maximum Gasteiger partial charge on any atom is 0.261 e. The lowest BCUT2D eigenvalue weighted by Crippen LogP contribution is -2.52. The minimum absolute atomic E-state index is 0.159. The Morgan fingerprint density at radius 3 is 2.50 bits per heavy atom. The van der Waals surface area contributed by atoms with Crippen LogP contribution < -0.4 is 5.01 Å². The Morgan fingerprint density at radius 2 is 1.86 bits per heavy atom. The Kier molecular flexibility index (Phi) is 3.39. The number of guanidine groups is 1. The summed E-state index contributed by atoms with van der Waals surface area (Å²) in [6, 6.07) is 5.74. The molecule has 0 aromatic heterocycles. The first-order valence-corrected chi connectivity index (χ1v) is 7.50. The third kappa shape index (κ3) is 1.98. The minimum Gasteiger partial charge on any atom is -0.347 e. The van der Waals surface area contributed by atoms with Gasteiger partial charge in [-0.2, -0.15) is 5.01 Å². The van der Waals surface area contributed by atoms with Crippen LogP contribution in [0.4, 0.5) is 11.4 Å². The number of nitrogens with zero attached hydrogens (tertiary/aromatic N) is 4. The van der Waals surface area contributed by atoms with Crippen molar-refractivity contribution in [1.82, 2.24) is 9.91 Å². The van der Waals surface area contributed by atoms with E-state index in [2.05, 4.69) is 4.99 Å². The van der Waals surface area contributed by atoms with Crippen LogP contribution in [-0.4, -0.2) is 41.8 Å². The van der Waals surface area contributed by atoms with Crippen LogP contribution in [0.25, 0.3) is 0 Å². The maximum atomic E-state index is 12.8. The summed E-state index contributed by atoms with van der Waals surface area (Å²) in [5, 5.41) is 2.91. The maximum absolute atomic E-state index is 12.8. The number of carbonyl (C=O) groups excluding carboxylic acids is 2. The van der Waals surface area contributed by atoms with E-state index in [0.29, 0.717) is 23.8 Å². The molecular formula is C16H20N4O2. The molecule has 1 fully saturated rings. The van der Waals surface area contributed by atoms with E-state index >= 15 is 0 Å². The van der Waals surface area contributed by atoms with Crippen molar-refractivity contribution in [3.63, 3.8) is 0 Å². The van der Waals surface area contributed by atoms with Crippen molar-refractivity contribution < 1.29 is 9.59 Å². The fourth-order valence-corrected chi connectivity index (χ4v) is 2.89. The zero-order chi connectivity index (χ0) is 16.0. The molecule has 1 aromatic carbocycles. The summed E-state index contributed by atoms with van der Waals surface area (Å²) < 4.78 is 0. The smallest absolute Gasteiger partial charge is 0.261 e. The van der Waals surface area contributed by atoms with Gasteiger partial charge in [-0.3, -0.25) is 9.59 Å². The van der Waals surface area contributed by atoms with Crippen LogP contribution in [0, 0.1) is 12.8 Å². The van der Waals surface area contributed by atoms with Gasteiger partial charge in [0.05, 0.1) is 11.4 Å². The Labute approximate surface area is 130 Å². The van der Waals surface area contributed by atoms with Crippen LogP contribution >= 0.6 is 0 Å².